The van der Waals surface area contributed by atoms with Crippen molar-refractivity contribution in [3.8, 4) is 0 Å². The molecule has 0 aromatic carbocycles. The fourth-order valence-electron chi connectivity index (χ4n) is 1.57. The normalized spacial score (nSPS) is 13.1. The number of carbonyl (C=O) groups excluding carboxylic acids is 1. The van der Waals surface area contributed by atoms with Crippen molar-refractivity contribution in [2.75, 3.05) is 0 Å². The molecule has 1 unspecified atom stereocenters. The van der Waals surface area contributed by atoms with Crippen LogP contribution >= 0.6 is 0 Å². The van der Waals surface area contributed by atoms with Gasteiger partial charge in [0.05, 0.1) is 0 Å². The van der Waals surface area contributed by atoms with Crippen molar-refractivity contribution in [3.63, 3.8) is 0 Å². The number of nitrogens with zero attached hydrogens (tertiary/aromatic N) is 1. The van der Waals surface area contributed by atoms with Crippen molar-refractivity contribution in [3.05, 3.63) is 32.6 Å². The van der Waals surface area contributed by atoms with E-state index >= 15 is 0 Å². The van der Waals surface area contributed by atoms with Gasteiger partial charge in [-0.2, -0.15) is 0 Å². The molecule has 1 N–H and O–H groups in total. The van der Waals surface area contributed by atoms with Crippen LogP contribution in [0.1, 0.15) is 46.2 Å². The minimum absolute atomic E-state index is 0.417. The van der Waals surface area contributed by atoms with Crippen LogP contribution in [0, 0.1) is 0 Å². The summed E-state index contributed by atoms with van der Waals surface area (Å²) in [6.45, 7) is 8.63. The predicted molar refractivity (Wildman–Crippen MR) is 71.3 cm³/mol. The molecular weight excluding hydrogens is 248 g/mol. The summed E-state index contributed by atoms with van der Waals surface area (Å²) < 4.78 is 6.41. The highest BCUT2D eigenvalue weighted by Gasteiger charge is 2.24. The van der Waals surface area contributed by atoms with E-state index < -0.39 is 28.9 Å². The van der Waals surface area contributed by atoms with E-state index in [9.17, 15) is 14.4 Å². The largest absolute Gasteiger partial charge is 0.458 e. The Morgan fingerprint density at radius 1 is 1.42 bits per heavy atom. The molecule has 0 saturated heterocycles. The van der Waals surface area contributed by atoms with Gasteiger partial charge >= 0.3 is 11.7 Å². The van der Waals surface area contributed by atoms with Crippen molar-refractivity contribution < 1.29 is 9.53 Å². The van der Waals surface area contributed by atoms with Crippen molar-refractivity contribution in [2.45, 2.75) is 52.7 Å². The monoisotopic (exact) mass is 268 g/mol. The van der Waals surface area contributed by atoms with E-state index in [1.165, 1.54) is 10.8 Å². The maximum atomic E-state index is 11.9. The molecule has 0 spiro atoms. The van der Waals surface area contributed by atoms with Gasteiger partial charge in [0.1, 0.15) is 11.6 Å². The first-order chi connectivity index (χ1) is 8.65. The molecule has 0 bridgehead atoms. The highest BCUT2D eigenvalue weighted by atomic mass is 16.6. The molecular formula is C13H20N2O4. The number of aromatic nitrogens is 2. The Bertz CT molecular complexity index is 578. The summed E-state index contributed by atoms with van der Waals surface area (Å²) in [6.07, 6.45) is 1.90. The number of H-pyrrole nitrogens is 1. The minimum atomic E-state index is -0.783. The van der Waals surface area contributed by atoms with Crippen LogP contribution in [0.4, 0.5) is 0 Å². The van der Waals surface area contributed by atoms with Crippen LogP contribution in [0.5, 0.6) is 0 Å². The lowest BCUT2D eigenvalue weighted by Crippen LogP contribution is -2.37. The first-order valence-corrected chi connectivity index (χ1v) is 6.23. The van der Waals surface area contributed by atoms with Gasteiger partial charge in [-0.1, -0.05) is 6.92 Å². The number of nitrogens with one attached hydrogen (secondary N) is 1. The smallest absolute Gasteiger partial charge is 0.329 e. The number of aromatic amines is 1. The minimum Gasteiger partial charge on any atom is -0.458 e. The third kappa shape index (κ3) is 3.81. The van der Waals surface area contributed by atoms with Crippen LogP contribution in [-0.2, 0) is 16.0 Å². The quantitative estimate of drug-likeness (QED) is 0.829. The Labute approximate surface area is 111 Å². The lowest BCUT2D eigenvalue weighted by atomic mass is 10.2. The Morgan fingerprint density at radius 3 is 2.47 bits per heavy atom. The number of hydrogen-bond donors (Lipinski definition) is 1. The molecule has 1 aromatic heterocycles. The summed E-state index contributed by atoms with van der Waals surface area (Å²) in [6, 6.07) is -0.783. The summed E-state index contributed by atoms with van der Waals surface area (Å²) in [5.74, 6) is -0.510. The van der Waals surface area contributed by atoms with Gasteiger partial charge < -0.3 is 4.74 Å². The molecule has 0 aliphatic heterocycles. The Hall–Kier alpha value is -1.85. The van der Waals surface area contributed by atoms with E-state index in [1.807, 2.05) is 0 Å². The summed E-state index contributed by atoms with van der Waals surface area (Å²) in [7, 11) is 0. The van der Waals surface area contributed by atoms with E-state index in [0.29, 0.717) is 12.0 Å². The zero-order valence-corrected chi connectivity index (χ0v) is 11.9. The third-order valence-corrected chi connectivity index (χ3v) is 2.59. The third-order valence-electron chi connectivity index (χ3n) is 2.59. The first kappa shape index (κ1) is 15.2. The van der Waals surface area contributed by atoms with E-state index in [-0.39, 0.29) is 0 Å². The highest BCUT2D eigenvalue weighted by molar-refractivity contribution is 5.74. The molecule has 0 aliphatic carbocycles. The molecule has 1 atom stereocenters. The summed E-state index contributed by atoms with van der Waals surface area (Å²) in [5.41, 5.74) is -1.19. The van der Waals surface area contributed by atoms with Crippen molar-refractivity contribution in [2.24, 2.45) is 0 Å². The summed E-state index contributed by atoms with van der Waals surface area (Å²) in [5, 5.41) is 0. The number of ether oxygens (including phenoxy) is 1. The number of carbonyl (C=O) groups is 1. The summed E-state index contributed by atoms with van der Waals surface area (Å²) >= 11 is 0. The SMILES string of the molecule is CCc1cn(C(C)C(=O)OC(C)(C)C)c(=O)[nH]c1=O. The Balaban J connectivity index is 3.13. The van der Waals surface area contributed by atoms with Crippen molar-refractivity contribution >= 4 is 5.97 Å². The number of rotatable bonds is 3. The van der Waals surface area contributed by atoms with Crippen LogP contribution in [0.3, 0.4) is 0 Å². The molecule has 0 saturated carbocycles. The second-order valence-corrected chi connectivity index (χ2v) is 5.38. The van der Waals surface area contributed by atoms with Crippen LogP contribution in [-0.4, -0.2) is 21.1 Å². The second kappa shape index (κ2) is 5.42. The van der Waals surface area contributed by atoms with Crippen LogP contribution in [0.25, 0.3) is 0 Å². The lowest BCUT2D eigenvalue weighted by Gasteiger charge is -2.23. The molecule has 0 amide bonds. The topological polar surface area (TPSA) is 81.2 Å². The van der Waals surface area contributed by atoms with Gasteiger partial charge in [-0.15, -0.1) is 0 Å². The Kier molecular flexibility index (Phi) is 4.34. The molecule has 6 nitrogen and oxygen atoms in total. The zero-order chi connectivity index (χ0) is 14.8. The van der Waals surface area contributed by atoms with Crippen LogP contribution < -0.4 is 11.2 Å². The number of aryl methyl sites for hydroxylation is 1. The predicted octanol–water partition coefficient (Wildman–Crippen LogP) is 1.00. The Morgan fingerprint density at radius 2 is 2.00 bits per heavy atom. The fourth-order valence-corrected chi connectivity index (χ4v) is 1.57. The van der Waals surface area contributed by atoms with Crippen LogP contribution in [0.15, 0.2) is 15.8 Å². The maximum Gasteiger partial charge on any atom is 0.329 e. The van der Waals surface area contributed by atoms with Crippen molar-refractivity contribution in [1.82, 2.24) is 9.55 Å². The fraction of sp³-hybridized carbons (Fsp3) is 0.615. The standard InChI is InChI=1S/C13H20N2O4/c1-6-9-7-15(12(18)14-10(9)16)8(2)11(17)19-13(3,4)5/h7-8H,6H2,1-5H3,(H,14,16,18). The maximum absolute atomic E-state index is 11.9. The van der Waals surface area contributed by atoms with E-state index in [4.69, 9.17) is 4.74 Å². The molecule has 1 aromatic rings. The highest BCUT2D eigenvalue weighted by Crippen LogP contribution is 2.13. The van der Waals surface area contributed by atoms with Gasteiger partial charge in [0, 0.05) is 11.8 Å². The lowest BCUT2D eigenvalue weighted by molar-refractivity contribution is -0.158. The molecule has 0 radical (unpaired) electrons. The molecule has 0 fully saturated rings. The van der Waals surface area contributed by atoms with Gasteiger partial charge in [0.15, 0.2) is 0 Å². The van der Waals surface area contributed by atoms with Gasteiger partial charge in [-0.05, 0) is 34.1 Å². The zero-order valence-electron chi connectivity index (χ0n) is 11.9. The van der Waals surface area contributed by atoms with Crippen LogP contribution in [0.2, 0.25) is 0 Å². The first-order valence-electron chi connectivity index (χ1n) is 6.23. The van der Waals surface area contributed by atoms with Gasteiger partial charge in [0.2, 0.25) is 0 Å². The molecule has 19 heavy (non-hydrogen) atoms. The van der Waals surface area contributed by atoms with Gasteiger partial charge in [-0.3, -0.25) is 14.3 Å². The van der Waals surface area contributed by atoms with E-state index in [0.717, 1.165) is 0 Å². The average Bonchev–Trinajstić information content (AvgIpc) is 2.26. The molecule has 0 aliphatic rings. The molecule has 1 rings (SSSR count). The second-order valence-electron chi connectivity index (χ2n) is 5.38. The summed E-state index contributed by atoms with van der Waals surface area (Å²) in [4.78, 5) is 37.3. The number of esters is 1. The van der Waals surface area contributed by atoms with E-state index in [1.54, 1.807) is 34.6 Å². The number of hydrogen-bond acceptors (Lipinski definition) is 4. The van der Waals surface area contributed by atoms with Gasteiger partial charge in [-0.25, -0.2) is 9.59 Å². The van der Waals surface area contributed by atoms with Gasteiger partial charge in [0.25, 0.3) is 5.56 Å². The molecule has 6 heteroatoms. The molecule has 1 heterocycles. The van der Waals surface area contributed by atoms with Crippen molar-refractivity contribution in [1.29, 1.82) is 0 Å². The molecule has 106 valence electrons. The van der Waals surface area contributed by atoms with E-state index in [2.05, 4.69) is 4.98 Å². The average molecular weight is 268 g/mol.